The molecule has 0 fully saturated rings. The Kier molecular flexibility index (Phi) is 4.68. The number of hydrogen-bond acceptors (Lipinski definition) is 4. The third kappa shape index (κ3) is 3.74. The van der Waals surface area contributed by atoms with Crippen LogP contribution in [0.5, 0.6) is 0 Å². The molecule has 1 amide bonds. The first-order chi connectivity index (χ1) is 11.0. The molecule has 3 aromatic rings. The monoisotopic (exact) mass is 342 g/mol. The molecule has 1 heterocycles. The Bertz CT molecular complexity index is 871. The summed E-state index contributed by atoms with van der Waals surface area (Å²) in [6.45, 7) is 4.10. The molecule has 1 N–H and O–H groups in total. The van der Waals surface area contributed by atoms with Gasteiger partial charge in [0, 0.05) is 4.90 Å². The average Bonchev–Trinajstić information content (AvgIpc) is 2.91. The zero-order valence-electron chi connectivity index (χ0n) is 13.3. The van der Waals surface area contributed by atoms with Crippen molar-refractivity contribution in [3.63, 3.8) is 0 Å². The number of fused-ring (bicyclic) bond motifs is 1. The van der Waals surface area contributed by atoms with Crippen LogP contribution in [0.15, 0.2) is 41.3 Å². The van der Waals surface area contributed by atoms with Crippen molar-refractivity contribution < 1.29 is 4.79 Å². The summed E-state index contributed by atoms with van der Waals surface area (Å²) < 4.78 is 1.10. The van der Waals surface area contributed by atoms with Gasteiger partial charge in [-0.2, -0.15) is 0 Å². The van der Waals surface area contributed by atoms with Crippen molar-refractivity contribution >= 4 is 44.4 Å². The molecule has 0 aliphatic carbocycles. The Labute approximate surface area is 144 Å². The van der Waals surface area contributed by atoms with Crippen molar-refractivity contribution in [2.75, 3.05) is 11.6 Å². The van der Waals surface area contributed by atoms with Gasteiger partial charge in [-0.15, -0.1) is 11.8 Å². The maximum absolute atomic E-state index is 12.3. The number of carbonyl (C=O) groups excluding carboxylic acids is 1. The van der Waals surface area contributed by atoms with E-state index in [-0.39, 0.29) is 5.91 Å². The van der Waals surface area contributed by atoms with Gasteiger partial charge in [-0.05, 0) is 49.4 Å². The summed E-state index contributed by atoms with van der Waals surface area (Å²) in [5.74, 6) is -0.0268. The standard InChI is InChI=1S/C18H18N2OS2/c1-11-4-5-13(12(2)8-11)9-17(21)20-18-19-15-7-6-14(22-3)10-16(15)23-18/h4-8,10H,9H2,1-3H3,(H,19,20,21). The number of amides is 1. The fourth-order valence-electron chi connectivity index (χ4n) is 2.47. The maximum atomic E-state index is 12.3. The Balaban J connectivity index is 1.74. The van der Waals surface area contributed by atoms with Crippen molar-refractivity contribution in [3.05, 3.63) is 53.1 Å². The minimum Gasteiger partial charge on any atom is -0.302 e. The summed E-state index contributed by atoms with van der Waals surface area (Å²) >= 11 is 3.22. The van der Waals surface area contributed by atoms with Crippen LogP contribution in [0.25, 0.3) is 10.2 Å². The molecule has 3 nitrogen and oxygen atoms in total. The van der Waals surface area contributed by atoms with Gasteiger partial charge >= 0.3 is 0 Å². The van der Waals surface area contributed by atoms with Crippen LogP contribution in [-0.2, 0) is 11.2 Å². The van der Waals surface area contributed by atoms with E-state index < -0.39 is 0 Å². The number of rotatable bonds is 4. The number of aryl methyl sites for hydroxylation is 2. The number of hydrogen-bond donors (Lipinski definition) is 1. The van der Waals surface area contributed by atoms with Crippen LogP contribution in [0.1, 0.15) is 16.7 Å². The van der Waals surface area contributed by atoms with E-state index in [1.807, 2.05) is 31.2 Å². The van der Waals surface area contributed by atoms with Gasteiger partial charge < -0.3 is 5.32 Å². The first-order valence-electron chi connectivity index (χ1n) is 7.36. The fraction of sp³-hybridized carbons (Fsp3) is 0.222. The Morgan fingerprint density at radius 1 is 1.22 bits per heavy atom. The number of nitrogens with zero attached hydrogens (tertiary/aromatic N) is 1. The van der Waals surface area contributed by atoms with Crippen LogP contribution >= 0.6 is 23.1 Å². The topological polar surface area (TPSA) is 42.0 Å². The second-order valence-corrected chi connectivity index (χ2v) is 7.42. The summed E-state index contributed by atoms with van der Waals surface area (Å²) in [5, 5.41) is 3.58. The zero-order valence-corrected chi connectivity index (χ0v) is 15.0. The lowest BCUT2D eigenvalue weighted by molar-refractivity contribution is -0.115. The second-order valence-electron chi connectivity index (χ2n) is 5.51. The third-order valence-corrected chi connectivity index (χ3v) is 5.35. The van der Waals surface area contributed by atoms with E-state index in [1.165, 1.54) is 21.8 Å². The number of thioether (sulfide) groups is 1. The smallest absolute Gasteiger partial charge is 0.230 e. The molecule has 3 rings (SSSR count). The lowest BCUT2D eigenvalue weighted by atomic mass is 10.0. The van der Waals surface area contributed by atoms with Crippen LogP contribution in [-0.4, -0.2) is 17.1 Å². The minimum atomic E-state index is -0.0268. The minimum absolute atomic E-state index is 0.0268. The van der Waals surface area contributed by atoms with Crippen LogP contribution in [0.4, 0.5) is 5.13 Å². The summed E-state index contributed by atoms with van der Waals surface area (Å²) in [6, 6.07) is 12.3. The van der Waals surface area contributed by atoms with Crippen molar-refractivity contribution in [1.29, 1.82) is 0 Å². The van der Waals surface area contributed by atoms with E-state index in [1.54, 1.807) is 11.8 Å². The van der Waals surface area contributed by atoms with Crippen molar-refractivity contribution in [2.45, 2.75) is 25.2 Å². The van der Waals surface area contributed by atoms with Crippen LogP contribution in [0.3, 0.4) is 0 Å². The summed E-state index contributed by atoms with van der Waals surface area (Å²) in [5.41, 5.74) is 4.34. The van der Waals surface area contributed by atoms with Crippen LogP contribution in [0, 0.1) is 13.8 Å². The van der Waals surface area contributed by atoms with E-state index in [9.17, 15) is 4.79 Å². The van der Waals surface area contributed by atoms with Crippen molar-refractivity contribution in [1.82, 2.24) is 4.98 Å². The van der Waals surface area contributed by atoms with Gasteiger partial charge in [-0.1, -0.05) is 35.1 Å². The summed E-state index contributed by atoms with van der Waals surface area (Å²) in [7, 11) is 0. The van der Waals surface area contributed by atoms with Crippen molar-refractivity contribution in [2.24, 2.45) is 0 Å². The molecule has 0 aliphatic heterocycles. The number of nitrogens with one attached hydrogen (secondary N) is 1. The molecular formula is C18H18N2OS2. The normalized spacial score (nSPS) is 10.9. The van der Waals surface area contributed by atoms with Crippen LogP contribution in [0.2, 0.25) is 0 Å². The number of aromatic nitrogens is 1. The van der Waals surface area contributed by atoms with E-state index in [4.69, 9.17) is 0 Å². The third-order valence-electron chi connectivity index (χ3n) is 3.69. The number of thiazole rings is 1. The second kappa shape index (κ2) is 6.72. The quantitative estimate of drug-likeness (QED) is 0.691. The molecular weight excluding hydrogens is 324 g/mol. The fourth-order valence-corrected chi connectivity index (χ4v) is 3.90. The Hall–Kier alpha value is -1.85. The molecule has 0 bridgehead atoms. The zero-order chi connectivity index (χ0) is 16.4. The van der Waals surface area contributed by atoms with E-state index >= 15 is 0 Å². The van der Waals surface area contributed by atoms with Gasteiger partial charge in [-0.25, -0.2) is 4.98 Å². The van der Waals surface area contributed by atoms with Gasteiger partial charge in [0.1, 0.15) is 0 Å². The maximum Gasteiger partial charge on any atom is 0.230 e. The average molecular weight is 342 g/mol. The summed E-state index contributed by atoms with van der Waals surface area (Å²) in [4.78, 5) is 18.0. The molecule has 0 saturated heterocycles. The Morgan fingerprint density at radius 3 is 2.78 bits per heavy atom. The van der Waals surface area contributed by atoms with E-state index in [2.05, 4.69) is 35.6 Å². The predicted molar refractivity (Wildman–Crippen MR) is 99.7 cm³/mol. The van der Waals surface area contributed by atoms with Gasteiger partial charge in [0.05, 0.1) is 16.6 Å². The highest BCUT2D eigenvalue weighted by Crippen LogP contribution is 2.29. The van der Waals surface area contributed by atoms with Crippen LogP contribution < -0.4 is 5.32 Å². The van der Waals surface area contributed by atoms with Gasteiger partial charge in [0.15, 0.2) is 5.13 Å². The molecule has 0 radical (unpaired) electrons. The van der Waals surface area contributed by atoms with E-state index in [0.717, 1.165) is 21.3 Å². The highest BCUT2D eigenvalue weighted by Gasteiger charge is 2.10. The first-order valence-corrected chi connectivity index (χ1v) is 9.40. The predicted octanol–water partition coefficient (Wildman–Crippen LogP) is 4.82. The lowest BCUT2D eigenvalue weighted by Gasteiger charge is -2.06. The lowest BCUT2D eigenvalue weighted by Crippen LogP contribution is -2.14. The molecule has 23 heavy (non-hydrogen) atoms. The molecule has 0 spiro atoms. The SMILES string of the molecule is CSc1ccc2nc(NC(=O)Cc3ccc(C)cc3C)sc2c1. The molecule has 0 atom stereocenters. The van der Waals surface area contributed by atoms with Crippen molar-refractivity contribution in [3.8, 4) is 0 Å². The number of carbonyl (C=O) groups is 1. The molecule has 2 aromatic carbocycles. The molecule has 0 unspecified atom stereocenters. The first kappa shape index (κ1) is 16.0. The van der Waals surface area contributed by atoms with E-state index in [0.29, 0.717) is 11.6 Å². The Morgan fingerprint density at radius 2 is 2.04 bits per heavy atom. The van der Waals surface area contributed by atoms with Gasteiger partial charge in [-0.3, -0.25) is 4.79 Å². The highest BCUT2D eigenvalue weighted by molar-refractivity contribution is 7.98. The molecule has 0 aliphatic rings. The summed E-state index contributed by atoms with van der Waals surface area (Å²) in [6.07, 6.45) is 2.42. The number of anilines is 1. The van der Waals surface area contributed by atoms with Gasteiger partial charge in [0.2, 0.25) is 5.91 Å². The largest absolute Gasteiger partial charge is 0.302 e. The number of benzene rings is 2. The molecule has 1 aromatic heterocycles. The molecule has 5 heteroatoms. The molecule has 118 valence electrons. The highest BCUT2D eigenvalue weighted by atomic mass is 32.2. The van der Waals surface area contributed by atoms with Gasteiger partial charge in [0.25, 0.3) is 0 Å². The molecule has 0 saturated carbocycles.